The van der Waals surface area contributed by atoms with E-state index in [-0.39, 0.29) is 12.0 Å². The number of nitrogens with one attached hydrogen (secondary N) is 1. The van der Waals surface area contributed by atoms with Crippen molar-refractivity contribution < 1.29 is 14.3 Å². The summed E-state index contributed by atoms with van der Waals surface area (Å²) in [6, 6.07) is 5.69. The van der Waals surface area contributed by atoms with Crippen LogP contribution in [0.25, 0.3) is 0 Å². The third-order valence-electron chi connectivity index (χ3n) is 6.19. The summed E-state index contributed by atoms with van der Waals surface area (Å²) in [5.41, 5.74) is 2.99. The van der Waals surface area contributed by atoms with Crippen molar-refractivity contribution >= 4 is 17.7 Å². The van der Waals surface area contributed by atoms with Gasteiger partial charge in [-0.25, -0.2) is 4.79 Å². The molecule has 1 aliphatic carbocycles. The van der Waals surface area contributed by atoms with Crippen molar-refractivity contribution in [3.63, 3.8) is 0 Å². The normalized spacial score (nSPS) is 17.0. The number of hydrogen-bond donors (Lipinski definition) is 1. The van der Waals surface area contributed by atoms with Gasteiger partial charge in [-0.1, -0.05) is 25.3 Å². The quantitative estimate of drug-likeness (QED) is 0.728. The van der Waals surface area contributed by atoms with Gasteiger partial charge in [0, 0.05) is 31.4 Å². The number of benzene rings is 1. The summed E-state index contributed by atoms with van der Waals surface area (Å²) < 4.78 is 7.43. The Morgan fingerprint density at radius 2 is 1.94 bits per heavy atom. The fourth-order valence-corrected chi connectivity index (χ4v) is 4.54. The molecule has 0 spiro atoms. The minimum atomic E-state index is -0.510. The van der Waals surface area contributed by atoms with E-state index in [1.807, 2.05) is 49.8 Å². The van der Waals surface area contributed by atoms with Gasteiger partial charge in [0.05, 0.1) is 11.9 Å². The second kappa shape index (κ2) is 9.35. The molecule has 0 bridgehead atoms. The van der Waals surface area contributed by atoms with Crippen LogP contribution in [-0.4, -0.2) is 38.8 Å². The highest BCUT2D eigenvalue weighted by atomic mass is 16.6. The summed E-state index contributed by atoms with van der Waals surface area (Å²) in [5, 5.41) is 7.40. The number of ether oxygens (including phenoxy) is 1. The van der Waals surface area contributed by atoms with Crippen LogP contribution in [0.2, 0.25) is 0 Å². The molecule has 1 aliphatic heterocycles. The number of fused-ring (bicyclic) bond motifs is 1. The van der Waals surface area contributed by atoms with Crippen molar-refractivity contribution in [3.8, 4) is 0 Å². The van der Waals surface area contributed by atoms with Gasteiger partial charge in [0.1, 0.15) is 5.60 Å². The summed E-state index contributed by atoms with van der Waals surface area (Å²) in [6.45, 7) is 7.61. The highest BCUT2D eigenvalue weighted by Gasteiger charge is 2.26. The van der Waals surface area contributed by atoms with E-state index in [2.05, 4.69) is 10.4 Å². The van der Waals surface area contributed by atoms with Crippen LogP contribution < -0.4 is 5.32 Å². The van der Waals surface area contributed by atoms with Crippen LogP contribution in [0.4, 0.5) is 10.5 Å². The van der Waals surface area contributed by atoms with E-state index in [4.69, 9.17) is 4.74 Å². The molecule has 2 amide bonds. The first-order chi connectivity index (χ1) is 15.3. The maximum absolute atomic E-state index is 12.8. The summed E-state index contributed by atoms with van der Waals surface area (Å²) in [6.07, 6.45) is 10.5. The molecule has 1 aromatic heterocycles. The van der Waals surface area contributed by atoms with Gasteiger partial charge in [0.15, 0.2) is 0 Å². The zero-order valence-electron chi connectivity index (χ0n) is 19.4. The smallest absolute Gasteiger partial charge is 0.410 e. The molecule has 2 aromatic rings. The molecule has 32 heavy (non-hydrogen) atoms. The van der Waals surface area contributed by atoms with Gasteiger partial charge in [-0.15, -0.1) is 0 Å². The van der Waals surface area contributed by atoms with Crippen LogP contribution in [0.1, 0.15) is 74.4 Å². The average Bonchev–Trinajstić information content (AvgIpc) is 3.19. The molecule has 7 heteroatoms. The Hall–Kier alpha value is -2.83. The highest BCUT2D eigenvalue weighted by Crippen LogP contribution is 2.26. The third-order valence-corrected chi connectivity index (χ3v) is 6.19. The van der Waals surface area contributed by atoms with Crippen molar-refractivity contribution in [2.75, 3.05) is 11.9 Å². The van der Waals surface area contributed by atoms with Crippen molar-refractivity contribution in [2.45, 2.75) is 78.0 Å². The molecule has 1 aromatic carbocycles. The number of nitrogens with zero attached hydrogens (tertiary/aromatic N) is 3. The zero-order chi connectivity index (χ0) is 22.7. The Morgan fingerprint density at radius 3 is 2.69 bits per heavy atom. The first-order valence-corrected chi connectivity index (χ1v) is 11.7. The highest BCUT2D eigenvalue weighted by molar-refractivity contribution is 6.04. The van der Waals surface area contributed by atoms with Crippen LogP contribution in [0.3, 0.4) is 0 Å². The maximum Gasteiger partial charge on any atom is 0.410 e. The molecular weight excluding hydrogens is 404 g/mol. The number of amides is 2. The Kier molecular flexibility index (Phi) is 6.53. The van der Waals surface area contributed by atoms with Crippen LogP contribution in [0.15, 0.2) is 30.6 Å². The molecule has 1 fully saturated rings. The Morgan fingerprint density at radius 1 is 1.16 bits per heavy atom. The first kappa shape index (κ1) is 22.4. The molecule has 0 saturated heterocycles. The molecule has 0 unspecified atom stereocenters. The van der Waals surface area contributed by atoms with Crippen molar-refractivity contribution in [3.05, 3.63) is 47.3 Å². The standard InChI is InChI=1S/C25H34N4O3/c1-25(2,3)32-24(31)28-12-11-19-13-20(9-10-21(19)16-28)23(30)27-22-14-26-29(17-22)15-18-7-5-4-6-8-18/h9-10,13-14,17-18H,4-8,11-12,15-16H2,1-3H3,(H,27,30). The Bertz CT molecular complexity index is 970. The van der Waals surface area contributed by atoms with E-state index >= 15 is 0 Å². The Labute approximate surface area is 190 Å². The van der Waals surface area contributed by atoms with E-state index in [9.17, 15) is 9.59 Å². The largest absolute Gasteiger partial charge is 0.444 e. The lowest BCUT2D eigenvalue weighted by atomic mass is 9.89. The van der Waals surface area contributed by atoms with Gasteiger partial charge < -0.3 is 15.0 Å². The van der Waals surface area contributed by atoms with E-state index in [0.29, 0.717) is 31.0 Å². The lowest BCUT2D eigenvalue weighted by molar-refractivity contribution is 0.0224. The van der Waals surface area contributed by atoms with E-state index in [0.717, 1.165) is 23.4 Å². The first-order valence-electron chi connectivity index (χ1n) is 11.7. The third kappa shape index (κ3) is 5.69. The fourth-order valence-electron chi connectivity index (χ4n) is 4.54. The SMILES string of the molecule is CC(C)(C)OC(=O)N1CCc2cc(C(=O)Nc3cnn(CC4CCCCC4)c3)ccc2C1. The molecule has 7 nitrogen and oxygen atoms in total. The second-order valence-corrected chi connectivity index (χ2v) is 10.0. The van der Waals surface area contributed by atoms with Gasteiger partial charge in [-0.2, -0.15) is 5.10 Å². The molecule has 0 radical (unpaired) electrons. The van der Waals surface area contributed by atoms with E-state index in [1.54, 1.807) is 11.1 Å². The number of carbonyl (C=O) groups excluding carboxylic acids is 2. The molecule has 0 atom stereocenters. The summed E-state index contributed by atoms with van der Waals surface area (Å²) >= 11 is 0. The molecule has 1 N–H and O–H groups in total. The van der Waals surface area contributed by atoms with Crippen molar-refractivity contribution in [2.24, 2.45) is 5.92 Å². The lowest BCUT2D eigenvalue weighted by Gasteiger charge is -2.31. The van der Waals surface area contributed by atoms with Gasteiger partial charge in [0.25, 0.3) is 5.91 Å². The fraction of sp³-hybridized carbons (Fsp3) is 0.560. The van der Waals surface area contributed by atoms with Crippen molar-refractivity contribution in [1.29, 1.82) is 0 Å². The Balaban J connectivity index is 1.35. The van der Waals surface area contributed by atoms with Crippen LogP contribution in [-0.2, 0) is 24.2 Å². The molecular formula is C25H34N4O3. The number of carbonyl (C=O) groups is 2. The predicted octanol–water partition coefficient (Wildman–Crippen LogP) is 5.01. The van der Waals surface area contributed by atoms with Gasteiger partial charge in [0.2, 0.25) is 0 Å². The van der Waals surface area contributed by atoms with Crippen LogP contribution >= 0.6 is 0 Å². The predicted molar refractivity (Wildman–Crippen MR) is 124 cm³/mol. The monoisotopic (exact) mass is 438 g/mol. The summed E-state index contributed by atoms with van der Waals surface area (Å²) in [7, 11) is 0. The average molecular weight is 439 g/mol. The topological polar surface area (TPSA) is 76.5 Å². The van der Waals surface area contributed by atoms with E-state index in [1.165, 1.54) is 32.1 Å². The second-order valence-electron chi connectivity index (χ2n) is 10.0. The number of anilines is 1. The molecule has 172 valence electrons. The lowest BCUT2D eigenvalue weighted by Crippen LogP contribution is -2.39. The summed E-state index contributed by atoms with van der Waals surface area (Å²) in [4.78, 5) is 26.9. The van der Waals surface area contributed by atoms with Gasteiger partial charge in [-0.3, -0.25) is 9.48 Å². The van der Waals surface area contributed by atoms with Gasteiger partial charge >= 0.3 is 6.09 Å². The van der Waals surface area contributed by atoms with Crippen molar-refractivity contribution in [1.82, 2.24) is 14.7 Å². The molecule has 2 heterocycles. The van der Waals surface area contributed by atoms with Crippen LogP contribution in [0, 0.1) is 5.92 Å². The zero-order valence-corrected chi connectivity index (χ0v) is 19.4. The molecule has 1 saturated carbocycles. The van der Waals surface area contributed by atoms with Crippen LogP contribution in [0.5, 0.6) is 0 Å². The maximum atomic E-state index is 12.8. The van der Waals surface area contributed by atoms with Gasteiger partial charge in [-0.05, 0) is 69.2 Å². The molecule has 4 rings (SSSR count). The van der Waals surface area contributed by atoms with E-state index < -0.39 is 5.60 Å². The summed E-state index contributed by atoms with van der Waals surface area (Å²) in [5.74, 6) is 0.549. The minimum Gasteiger partial charge on any atom is -0.444 e. The number of aromatic nitrogens is 2. The number of rotatable bonds is 4. The molecule has 2 aliphatic rings. The minimum absolute atomic E-state index is 0.139. The number of hydrogen-bond acceptors (Lipinski definition) is 4.